The fourth-order valence-electron chi connectivity index (χ4n) is 3.39. The van der Waals surface area contributed by atoms with Gasteiger partial charge >= 0.3 is 0 Å². The Balaban J connectivity index is 1.73. The van der Waals surface area contributed by atoms with E-state index in [1.54, 1.807) is 12.3 Å². The zero-order valence-electron chi connectivity index (χ0n) is 15.7. The van der Waals surface area contributed by atoms with Gasteiger partial charge in [-0.15, -0.1) is 0 Å². The molecule has 0 fully saturated rings. The number of fused-ring (bicyclic) bond motifs is 1. The van der Waals surface area contributed by atoms with Crippen LogP contribution in [0.15, 0.2) is 60.8 Å². The van der Waals surface area contributed by atoms with E-state index in [0.717, 1.165) is 28.9 Å². The van der Waals surface area contributed by atoms with Crippen LogP contribution in [0.2, 0.25) is 10.0 Å². The Morgan fingerprint density at radius 1 is 1.00 bits per heavy atom. The molecule has 0 unspecified atom stereocenters. The molecular formula is C23H20Cl2N2O. The molecule has 0 aliphatic carbocycles. The SMILES string of the molecule is Cc1c(C)n(Cc2ccccc2)c2c(OCc3ccc(Cl)cc3Cl)ccnc12. The van der Waals surface area contributed by atoms with E-state index in [4.69, 9.17) is 27.9 Å². The first kappa shape index (κ1) is 18.9. The van der Waals surface area contributed by atoms with Gasteiger partial charge in [-0.25, -0.2) is 0 Å². The number of rotatable bonds is 5. The summed E-state index contributed by atoms with van der Waals surface area (Å²) in [4.78, 5) is 4.60. The first-order chi connectivity index (χ1) is 13.5. The lowest BCUT2D eigenvalue weighted by Crippen LogP contribution is -2.04. The highest BCUT2D eigenvalue weighted by molar-refractivity contribution is 6.35. The number of ether oxygens (including phenoxy) is 1. The Bertz CT molecular complexity index is 1140. The molecule has 142 valence electrons. The number of aryl methyl sites for hydroxylation is 1. The van der Waals surface area contributed by atoms with E-state index in [2.05, 4.69) is 47.7 Å². The Morgan fingerprint density at radius 3 is 2.54 bits per heavy atom. The average Bonchev–Trinajstić information content (AvgIpc) is 2.94. The fourth-order valence-corrected chi connectivity index (χ4v) is 3.85. The second kappa shape index (κ2) is 7.86. The van der Waals surface area contributed by atoms with E-state index in [0.29, 0.717) is 16.7 Å². The molecule has 2 heterocycles. The van der Waals surface area contributed by atoms with Gasteiger partial charge < -0.3 is 9.30 Å². The van der Waals surface area contributed by atoms with Crippen LogP contribution in [0.5, 0.6) is 5.75 Å². The van der Waals surface area contributed by atoms with Crippen LogP contribution in [0.1, 0.15) is 22.4 Å². The predicted molar refractivity (Wildman–Crippen MR) is 116 cm³/mol. The minimum Gasteiger partial charge on any atom is -0.487 e. The van der Waals surface area contributed by atoms with Gasteiger partial charge in [0.2, 0.25) is 0 Å². The molecule has 2 aromatic carbocycles. The molecule has 5 heteroatoms. The lowest BCUT2D eigenvalue weighted by molar-refractivity contribution is 0.308. The summed E-state index contributed by atoms with van der Waals surface area (Å²) in [5.41, 5.74) is 6.45. The van der Waals surface area contributed by atoms with E-state index in [1.807, 2.05) is 24.3 Å². The second-order valence-corrected chi connectivity index (χ2v) is 7.66. The van der Waals surface area contributed by atoms with Crippen LogP contribution in [0.3, 0.4) is 0 Å². The van der Waals surface area contributed by atoms with Gasteiger partial charge in [-0.3, -0.25) is 4.98 Å². The Kier molecular flexibility index (Phi) is 5.29. The first-order valence-corrected chi connectivity index (χ1v) is 9.85. The molecule has 0 bridgehead atoms. The molecular weight excluding hydrogens is 391 g/mol. The largest absolute Gasteiger partial charge is 0.487 e. The van der Waals surface area contributed by atoms with Crippen molar-refractivity contribution in [1.29, 1.82) is 0 Å². The quantitative estimate of drug-likeness (QED) is 0.371. The molecule has 2 aromatic heterocycles. The third-order valence-corrected chi connectivity index (χ3v) is 5.63. The van der Waals surface area contributed by atoms with Crippen molar-refractivity contribution in [3.8, 4) is 5.75 Å². The van der Waals surface area contributed by atoms with Crippen LogP contribution in [0, 0.1) is 13.8 Å². The van der Waals surface area contributed by atoms with E-state index in [-0.39, 0.29) is 0 Å². The molecule has 28 heavy (non-hydrogen) atoms. The van der Waals surface area contributed by atoms with E-state index < -0.39 is 0 Å². The van der Waals surface area contributed by atoms with Crippen LogP contribution < -0.4 is 4.74 Å². The lowest BCUT2D eigenvalue weighted by atomic mass is 10.2. The molecule has 0 saturated carbocycles. The maximum atomic E-state index is 6.30. The van der Waals surface area contributed by atoms with E-state index in [9.17, 15) is 0 Å². The zero-order valence-corrected chi connectivity index (χ0v) is 17.3. The molecule has 0 amide bonds. The highest BCUT2D eigenvalue weighted by atomic mass is 35.5. The van der Waals surface area contributed by atoms with Crippen LogP contribution in [-0.2, 0) is 13.2 Å². The summed E-state index contributed by atoms with van der Waals surface area (Å²) in [5, 5.41) is 1.22. The van der Waals surface area contributed by atoms with Crippen molar-refractivity contribution in [2.75, 3.05) is 0 Å². The third kappa shape index (κ3) is 3.60. The monoisotopic (exact) mass is 410 g/mol. The second-order valence-electron chi connectivity index (χ2n) is 6.81. The molecule has 0 aliphatic heterocycles. The number of benzene rings is 2. The summed E-state index contributed by atoms with van der Waals surface area (Å²) in [7, 11) is 0. The van der Waals surface area contributed by atoms with Gasteiger partial charge in [0.15, 0.2) is 0 Å². The highest BCUT2D eigenvalue weighted by Gasteiger charge is 2.17. The minimum atomic E-state index is 0.365. The molecule has 0 aliphatic rings. The molecule has 4 aromatic rings. The van der Waals surface area contributed by atoms with Gasteiger partial charge in [0.05, 0.1) is 5.52 Å². The first-order valence-electron chi connectivity index (χ1n) is 9.09. The summed E-state index contributed by atoms with van der Waals surface area (Å²) < 4.78 is 8.45. The van der Waals surface area contributed by atoms with Crippen molar-refractivity contribution in [2.24, 2.45) is 0 Å². The number of pyridine rings is 1. The highest BCUT2D eigenvalue weighted by Crippen LogP contribution is 2.32. The lowest BCUT2D eigenvalue weighted by Gasteiger charge is -2.13. The molecule has 4 rings (SSSR count). The molecule has 0 spiro atoms. The van der Waals surface area contributed by atoms with Crippen molar-refractivity contribution in [3.63, 3.8) is 0 Å². The summed E-state index contributed by atoms with van der Waals surface area (Å²) in [6.07, 6.45) is 1.79. The van der Waals surface area contributed by atoms with Gasteiger partial charge in [-0.05, 0) is 37.1 Å². The topological polar surface area (TPSA) is 27.1 Å². The van der Waals surface area contributed by atoms with Gasteiger partial charge in [0, 0.05) is 40.1 Å². The van der Waals surface area contributed by atoms with E-state index >= 15 is 0 Å². The van der Waals surface area contributed by atoms with Crippen LogP contribution in [0.4, 0.5) is 0 Å². The van der Waals surface area contributed by atoms with Gasteiger partial charge in [-0.1, -0.05) is 59.6 Å². The minimum absolute atomic E-state index is 0.365. The number of aromatic nitrogens is 2. The molecule has 3 nitrogen and oxygen atoms in total. The van der Waals surface area contributed by atoms with Crippen molar-refractivity contribution >= 4 is 34.2 Å². The summed E-state index contributed by atoms with van der Waals surface area (Å²) in [6.45, 7) is 5.36. The van der Waals surface area contributed by atoms with Crippen molar-refractivity contribution in [2.45, 2.75) is 27.0 Å². The van der Waals surface area contributed by atoms with Crippen LogP contribution in [-0.4, -0.2) is 9.55 Å². The summed E-state index contributed by atoms with van der Waals surface area (Å²) in [5.74, 6) is 0.795. The fraction of sp³-hybridized carbons (Fsp3) is 0.174. The zero-order chi connectivity index (χ0) is 19.7. The Hall–Kier alpha value is -2.49. The van der Waals surface area contributed by atoms with E-state index in [1.165, 1.54) is 16.8 Å². The van der Waals surface area contributed by atoms with Crippen molar-refractivity contribution < 1.29 is 4.74 Å². The normalized spacial score (nSPS) is 11.1. The number of hydrogen-bond acceptors (Lipinski definition) is 2. The average molecular weight is 411 g/mol. The standard InChI is InChI=1S/C23H20Cl2N2O/c1-15-16(2)27(13-17-6-4-3-5-7-17)23-21(10-11-26-22(15)23)28-14-18-8-9-19(24)12-20(18)25/h3-12H,13-14H2,1-2H3. The maximum Gasteiger partial charge on any atom is 0.147 e. The summed E-state index contributed by atoms with van der Waals surface area (Å²) in [6, 6.07) is 17.8. The van der Waals surface area contributed by atoms with Gasteiger partial charge in [0.1, 0.15) is 17.9 Å². The molecule has 0 atom stereocenters. The molecule has 0 N–H and O–H groups in total. The Labute approximate surface area is 174 Å². The smallest absolute Gasteiger partial charge is 0.147 e. The maximum absolute atomic E-state index is 6.30. The van der Waals surface area contributed by atoms with Gasteiger partial charge in [0.25, 0.3) is 0 Å². The van der Waals surface area contributed by atoms with Crippen LogP contribution in [0.25, 0.3) is 11.0 Å². The van der Waals surface area contributed by atoms with Crippen LogP contribution >= 0.6 is 23.2 Å². The van der Waals surface area contributed by atoms with Crippen molar-refractivity contribution in [3.05, 3.63) is 93.2 Å². The van der Waals surface area contributed by atoms with Crippen molar-refractivity contribution in [1.82, 2.24) is 9.55 Å². The predicted octanol–water partition coefficient (Wildman–Crippen LogP) is 6.59. The number of halogens is 2. The molecule has 0 saturated heterocycles. The Morgan fingerprint density at radius 2 is 1.79 bits per heavy atom. The summed E-state index contributed by atoms with van der Waals surface area (Å²) >= 11 is 12.3. The third-order valence-electron chi connectivity index (χ3n) is 5.04. The number of nitrogens with zero attached hydrogens (tertiary/aromatic N) is 2. The van der Waals surface area contributed by atoms with Gasteiger partial charge in [-0.2, -0.15) is 0 Å². The molecule has 0 radical (unpaired) electrons. The number of hydrogen-bond donors (Lipinski definition) is 0.